The van der Waals surface area contributed by atoms with Gasteiger partial charge in [-0.15, -0.1) is 0 Å². The molecule has 0 aliphatic rings. The molecule has 0 aliphatic heterocycles. The Bertz CT molecular complexity index is 857. The average molecular weight is 466 g/mol. The van der Waals surface area contributed by atoms with Gasteiger partial charge in [0, 0.05) is 0 Å². The van der Waals surface area contributed by atoms with Gasteiger partial charge in [-0.3, -0.25) is 0 Å². The number of hydrogen-bond acceptors (Lipinski definition) is 1. The van der Waals surface area contributed by atoms with Crippen LogP contribution in [0, 0.1) is 0 Å². The maximum atomic E-state index is 6.96. The molecule has 1 nitrogen and oxygen atoms in total. The SMILES string of the molecule is c1ccc(CO[Te](c2ccccc2)(c2ccccc2)c2ccccc2)cc1. The van der Waals surface area contributed by atoms with Gasteiger partial charge >= 0.3 is 166 Å². The van der Waals surface area contributed by atoms with Gasteiger partial charge < -0.3 is 0 Å². The maximum absolute atomic E-state index is 6.96. The normalized spacial score (nSPS) is 11.9. The molecule has 0 saturated heterocycles. The third-order valence-electron chi connectivity index (χ3n) is 4.47. The van der Waals surface area contributed by atoms with Crippen molar-refractivity contribution < 1.29 is 3.10 Å². The predicted molar refractivity (Wildman–Crippen MR) is 115 cm³/mol. The van der Waals surface area contributed by atoms with Crippen molar-refractivity contribution in [3.05, 3.63) is 127 Å². The van der Waals surface area contributed by atoms with Crippen molar-refractivity contribution in [1.82, 2.24) is 0 Å². The fourth-order valence-electron chi connectivity index (χ4n) is 3.18. The minimum atomic E-state index is -3.32. The summed E-state index contributed by atoms with van der Waals surface area (Å²) in [5, 5.41) is 0. The second-order valence-electron chi connectivity index (χ2n) is 6.24. The third kappa shape index (κ3) is 3.84. The Kier molecular flexibility index (Phi) is 5.70. The van der Waals surface area contributed by atoms with E-state index in [1.165, 1.54) is 16.4 Å². The van der Waals surface area contributed by atoms with Crippen LogP contribution in [0.5, 0.6) is 0 Å². The molecule has 0 N–H and O–H groups in total. The van der Waals surface area contributed by atoms with E-state index in [2.05, 4.69) is 115 Å². The summed E-state index contributed by atoms with van der Waals surface area (Å²) in [7, 11) is 0. The van der Waals surface area contributed by atoms with Crippen molar-refractivity contribution in [3.63, 3.8) is 0 Å². The van der Waals surface area contributed by atoms with E-state index in [1.54, 1.807) is 0 Å². The van der Waals surface area contributed by atoms with Gasteiger partial charge in [0.05, 0.1) is 0 Å². The average Bonchev–Trinajstić information content (AvgIpc) is 2.77. The predicted octanol–water partition coefficient (Wildman–Crippen LogP) is 3.87. The van der Waals surface area contributed by atoms with Crippen LogP contribution < -0.4 is 10.8 Å². The number of benzene rings is 4. The molecular weight excluding hydrogens is 444 g/mol. The fourth-order valence-corrected chi connectivity index (χ4v) is 12.2. The van der Waals surface area contributed by atoms with Gasteiger partial charge in [0.2, 0.25) is 0 Å². The zero-order valence-electron chi connectivity index (χ0n) is 15.1. The van der Waals surface area contributed by atoms with E-state index in [-0.39, 0.29) is 0 Å². The Morgan fingerprint density at radius 3 is 1.15 bits per heavy atom. The summed E-state index contributed by atoms with van der Waals surface area (Å²) in [6, 6.07) is 42.8. The van der Waals surface area contributed by atoms with E-state index in [0.717, 1.165) is 0 Å². The Labute approximate surface area is 165 Å². The van der Waals surface area contributed by atoms with Crippen molar-refractivity contribution in [3.8, 4) is 0 Å². The van der Waals surface area contributed by atoms with Crippen LogP contribution in [0.2, 0.25) is 0 Å². The van der Waals surface area contributed by atoms with Crippen LogP contribution in [0.25, 0.3) is 0 Å². The molecule has 0 bridgehead atoms. The van der Waals surface area contributed by atoms with E-state index >= 15 is 0 Å². The Balaban J connectivity index is 1.89. The molecule has 2 heteroatoms. The van der Waals surface area contributed by atoms with Crippen molar-refractivity contribution in [1.29, 1.82) is 0 Å². The van der Waals surface area contributed by atoms with E-state index in [0.29, 0.717) is 6.61 Å². The zero-order valence-corrected chi connectivity index (χ0v) is 17.4. The molecule has 27 heavy (non-hydrogen) atoms. The summed E-state index contributed by atoms with van der Waals surface area (Å²) in [5.74, 6) is 0. The zero-order chi connectivity index (χ0) is 18.4. The van der Waals surface area contributed by atoms with Crippen molar-refractivity contribution in [2.45, 2.75) is 6.61 Å². The second kappa shape index (κ2) is 8.55. The van der Waals surface area contributed by atoms with Crippen LogP contribution in [0.1, 0.15) is 5.56 Å². The summed E-state index contributed by atoms with van der Waals surface area (Å²) in [5.41, 5.74) is 1.20. The molecule has 4 aromatic carbocycles. The Morgan fingerprint density at radius 2 is 0.778 bits per heavy atom. The molecule has 0 aliphatic carbocycles. The Morgan fingerprint density at radius 1 is 0.444 bits per heavy atom. The molecule has 0 aromatic heterocycles. The standard InChI is InChI=1S/C25H22OTe/c1-5-13-22(14-6-1)21-26-27(23-15-7-2-8-16-23,24-17-9-3-10-18-24)25-19-11-4-12-20-25/h1-20H,21H2. The van der Waals surface area contributed by atoms with E-state index in [9.17, 15) is 0 Å². The molecule has 4 rings (SSSR count). The molecule has 0 saturated carbocycles. The number of rotatable bonds is 6. The summed E-state index contributed by atoms with van der Waals surface area (Å²) in [4.78, 5) is 0. The number of hydrogen-bond donors (Lipinski definition) is 0. The molecule has 0 fully saturated rings. The van der Waals surface area contributed by atoms with Gasteiger partial charge in [-0.25, -0.2) is 0 Å². The summed E-state index contributed by atoms with van der Waals surface area (Å²) >= 11 is -3.32. The van der Waals surface area contributed by atoms with E-state index in [1.807, 2.05) is 6.07 Å². The molecule has 0 heterocycles. The van der Waals surface area contributed by atoms with Crippen LogP contribution in [0.3, 0.4) is 0 Å². The first-order valence-corrected chi connectivity index (χ1v) is 13.5. The van der Waals surface area contributed by atoms with Crippen molar-refractivity contribution in [2.75, 3.05) is 0 Å². The molecular formula is C25H22OTe. The summed E-state index contributed by atoms with van der Waals surface area (Å²) in [6.45, 7) is 0.612. The topological polar surface area (TPSA) is 9.23 Å². The van der Waals surface area contributed by atoms with Gasteiger partial charge in [-0.05, 0) is 0 Å². The first-order valence-electron chi connectivity index (χ1n) is 9.06. The van der Waals surface area contributed by atoms with Gasteiger partial charge in [0.15, 0.2) is 0 Å². The van der Waals surface area contributed by atoms with Crippen LogP contribution in [0.15, 0.2) is 121 Å². The minimum absolute atomic E-state index is 0.612. The van der Waals surface area contributed by atoms with Crippen molar-refractivity contribution in [2.24, 2.45) is 0 Å². The first kappa shape index (κ1) is 18.0. The van der Waals surface area contributed by atoms with Crippen LogP contribution >= 0.6 is 0 Å². The van der Waals surface area contributed by atoms with Gasteiger partial charge in [0.25, 0.3) is 0 Å². The van der Waals surface area contributed by atoms with Gasteiger partial charge in [-0.1, -0.05) is 0 Å². The molecule has 0 amide bonds. The third-order valence-corrected chi connectivity index (χ3v) is 13.8. The quantitative estimate of drug-likeness (QED) is 0.393. The van der Waals surface area contributed by atoms with E-state index < -0.39 is 18.6 Å². The molecule has 0 radical (unpaired) electrons. The molecule has 0 unspecified atom stereocenters. The Hall–Kier alpha value is -2.37. The van der Waals surface area contributed by atoms with Crippen LogP contribution in [-0.4, -0.2) is 18.6 Å². The van der Waals surface area contributed by atoms with Crippen LogP contribution in [-0.2, 0) is 9.71 Å². The summed E-state index contributed by atoms with van der Waals surface area (Å²) in [6.07, 6.45) is 0. The van der Waals surface area contributed by atoms with Crippen LogP contribution in [0.4, 0.5) is 0 Å². The molecule has 4 aromatic rings. The summed E-state index contributed by atoms with van der Waals surface area (Å²) < 4.78 is 10.9. The molecule has 134 valence electrons. The van der Waals surface area contributed by atoms with E-state index in [4.69, 9.17) is 3.10 Å². The monoisotopic (exact) mass is 468 g/mol. The molecule has 0 spiro atoms. The van der Waals surface area contributed by atoms with Gasteiger partial charge in [0.1, 0.15) is 0 Å². The van der Waals surface area contributed by atoms with Crippen molar-refractivity contribution >= 4 is 29.4 Å². The first-order chi connectivity index (χ1) is 13.4. The second-order valence-corrected chi connectivity index (χ2v) is 14.1. The van der Waals surface area contributed by atoms with Gasteiger partial charge in [-0.2, -0.15) is 0 Å². The molecule has 0 atom stereocenters. The fraction of sp³-hybridized carbons (Fsp3) is 0.0400.